The number of nitrogens with zero attached hydrogens (tertiary/aromatic N) is 1. The molecule has 1 aromatic carbocycles. The van der Waals surface area contributed by atoms with Crippen LogP contribution in [-0.4, -0.2) is 43.7 Å². The van der Waals surface area contributed by atoms with Crippen LogP contribution in [0.15, 0.2) is 40.9 Å². The molecule has 0 amide bonds. The third kappa shape index (κ3) is 4.96. The van der Waals surface area contributed by atoms with Crippen LogP contribution in [0, 0.1) is 0 Å². The van der Waals surface area contributed by atoms with Crippen LogP contribution in [0.3, 0.4) is 0 Å². The van der Waals surface area contributed by atoms with Crippen LogP contribution in [0.25, 0.3) is 0 Å². The van der Waals surface area contributed by atoms with Crippen molar-refractivity contribution < 1.29 is 14.0 Å². The minimum absolute atomic E-state index is 0.0962. The van der Waals surface area contributed by atoms with Gasteiger partial charge < -0.3 is 9.22 Å². The first-order chi connectivity index (χ1) is 10.7. The maximum atomic E-state index is 11.7. The predicted molar refractivity (Wildman–Crippen MR) is 92.6 cm³/mol. The summed E-state index contributed by atoms with van der Waals surface area (Å²) in [6.07, 6.45) is 9.05. The van der Waals surface area contributed by atoms with Gasteiger partial charge in [0.05, 0.1) is 26.7 Å². The second-order valence-electron chi connectivity index (χ2n) is 6.03. The molecule has 1 aromatic rings. The first-order valence-electron chi connectivity index (χ1n) is 7.95. The molecule has 0 spiro atoms. The molecule has 0 unspecified atom stereocenters. The van der Waals surface area contributed by atoms with E-state index in [-0.39, 0.29) is 5.97 Å². The number of quaternary nitrogens is 1. The van der Waals surface area contributed by atoms with Crippen LogP contribution in [0.2, 0.25) is 0 Å². The largest absolute Gasteiger partial charge is 0.465 e. The van der Waals surface area contributed by atoms with E-state index < -0.39 is 0 Å². The van der Waals surface area contributed by atoms with Crippen LogP contribution in [0.5, 0.6) is 0 Å². The maximum Gasteiger partial charge on any atom is 0.361 e. The number of hydrogen-bond donors (Lipinski definition) is 0. The maximum absolute atomic E-state index is 11.7. The van der Waals surface area contributed by atoms with Crippen molar-refractivity contribution in [3.05, 3.63) is 46.5 Å². The molecule has 0 atom stereocenters. The Morgan fingerprint density at radius 2 is 1.95 bits per heavy atom. The molecule has 1 aliphatic rings. The van der Waals surface area contributed by atoms with Gasteiger partial charge in [-0.25, -0.2) is 4.79 Å². The molecule has 0 aliphatic carbocycles. The van der Waals surface area contributed by atoms with Gasteiger partial charge in [-0.3, -0.25) is 0 Å². The van der Waals surface area contributed by atoms with E-state index in [9.17, 15) is 4.79 Å². The van der Waals surface area contributed by atoms with Crippen molar-refractivity contribution >= 4 is 21.9 Å². The summed E-state index contributed by atoms with van der Waals surface area (Å²) in [6.45, 7) is 3.57. The van der Waals surface area contributed by atoms with Crippen molar-refractivity contribution in [3.63, 3.8) is 0 Å². The zero-order valence-electron chi connectivity index (χ0n) is 13.3. The summed E-state index contributed by atoms with van der Waals surface area (Å²) < 4.78 is 6.88. The highest BCUT2D eigenvalue weighted by Gasteiger charge is 2.31. The van der Waals surface area contributed by atoms with E-state index in [2.05, 4.69) is 46.3 Å². The van der Waals surface area contributed by atoms with Gasteiger partial charge in [-0.15, -0.1) is 0 Å². The van der Waals surface area contributed by atoms with E-state index in [0.29, 0.717) is 6.54 Å². The number of methoxy groups -OCH3 is 1. The number of piperidine rings is 1. The van der Waals surface area contributed by atoms with Gasteiger partial charge in [-0.2, -0.15) is 0 Å². The Hall–Kier alpha value is -1.13. The van der Waals surface area contributed by atoms with E-state index in [1.807, 2.05) is 6.07 Å². The van der Waals surface area contributed by atoms with Gasteiger partial charge >= 0.3 is 5.97 Å². The fraction of sp³-hybridized carbons (Fsp3) is 0.500. The summed E-state index contributed by atoms with van der Waals surface area (Å²) in [6, 6.07) is 8.29. The average Bonchev–Trinajstić information content (AvgIpc) is 2.54. The molecule has 0 N–H and O–H groups in total. The number of carbonyl (C=O) groups excluding carboxylic acids is 1. The van der Waals surface area contributed by atoms with Crippen molar-refractivity contribution in [1.29, 1.82) is 0 Å². The minimum atomic E-state index is -0.0962. The summed E-state index contributed by atoms with van der Waals surface area (Å²) in [5.74, 6) is -0.0962. The van der Waals surface area contributed by atoms with Crippen molar-refractivity contribution in [2.45, 2.75) is 25.7 Å². The fourth-order valence-corrected chi connectivity index (χ4v) is 3.55. The van der Waals surface area contributed by atoms with Crippen molar-refractivity contribution in [2.24, 2.45) is 0 Å². The molecule has 0 bridgehead atoms. The topological polar surface area (TPSA) is 26.3 Å². The Balaban J connectivity index is 1.94. The standard InChI is InChI=1S/C18H25BrNO2/c1-22-18(21)15-20(12-6-2-7-13-20)14-8-5-10-16-9-3-4-11-17(16)19/h3-5,8-9,11H,2,6-7,10,12-15H2,1H3/q+1/b8-5+. The molecule has 1 saturated heterocycles. The van der Waals surface area contributed by atoms with Gasteiger partial charge in [0.25, 0.3) is 0 Å². The van der Waals surface area contributed by atoms with Gasteiger partial charge in [-0.05, 0) is 43.4 Å². The number of benzene rings is 1. The van der Waals surface area contributed by atoms with Gasteiger partial charge in [0.1, 0.15) is 0 Å². The molecule has 0 radical (unpaired) electrons. The molecule has 2 rings (SSSR count). The number of carbonyl (C=O) groups is 1. The second-order valence-corrected chi connectivity index (χ2v) is 6.89. The summed E-state index contributed by atoms with van der Waals surface area (Å²) in [4.78, 5) is 11.7. The number of esters is 1. The number of ether oxygens (including phenoxy) is 1. The zero-order valence-corrected chi connectivity index (χ0v) is 14.8. The SMILES string of the molecule is COC(=O)C[N+]1(C/C=C/Cc2ccccc2Br)CCCCC1. The highest BCUT2D eigenvalue weighted by Crippen LogP contribution is 2.20. The molecule has 1 heterocycles. The van der Waals surface area contributed by atoms with Crippen LogP contribution in [-0.2, 0) is 16.0 Å². The zero-order chi connectivity index (χ0) is 15.8. The number of likely N-dealkylation sites (tertiary alicyclic amines) is 1. The van der Waals surface area contributed by atoms with Crippen LogP contribution < -0.4 is 0 Å². The van der Waals surface area contributed by atoms with E-state index in [1.54, 1.807) is 0 Å². The van der Waals surface area contributed by atoms with Gasteiger partial charge in [0, 0.05) is 4.47 Å². The lowest BCUT2D eigenvalue weighted by molar-refractivity contribution is -0.920. The lowest BCUT2D eigenvalue weighted by Gasteiger charge is -2.39. The molecule has 0 aromatic heterocycles. The first-order valence-corrected chi connectivity index (χ1v) is 8.75. The van der Waals surface area contributed by atoms with Gasteiger partial charge in [-0.1, -0.05) is 40.2 Å². The van der Waals surface area contributed by atoms with Crippen molar-refractivity contribution in [3.8, 4) is 0 Å². The van der Waals surface area contributed by atoms with E-state index in [1.165, 1.54) is 31.9 Å². The van der Waals surface area contributed by atoms with Crippen LogP contribution in [0.1, 0.15) is 24.8 Å². The normalized spacial score (nSPS) is 17.5. The minimum Gasteiger partial charge on any atom is -0.465 e. The fourth-order valence-electron chi connectivity index (χ4n) is 3.10. The summed E-state index contributed by atoms with van der Waals surface area (Å²) in [7, 11) is 1.48. The summed E-state index contributed by atoms with van der Waals surface area (Å²) in [5, 5.41) is 0. The lowest BCUT2D eigenvalue weighted by atomic mass is 10.1. The first kappa shape index (κ1) is 17.2. The highest BCUT2D eigenvalue weighted by atomic mass is 79.9. The number of hydrogen-bond acceptors (Lipinski definition) is 2. The summed E-state index contributed by atoms with van der Waals surface area (Å²) in [5.41, 5.74) is 1.29. The Bertz CT molecular complexity index is 522. The Labute approximate surface area is 141 Å². The third-order valence-corrected chi connectivity index (χ3v) is 5.19. The van der Waals surface area contributed by atoms with E-state index >= 15 is 0 Å². The molecule has 3 nitrogen and oxygen atoms in total. The molecule has 4 heteroatoms. The van der Waals surface area contributed by atoms with E-state index in [4.69, 9.17) is 4.74 Å². The average molecular weight is 367 g/mol. The van der Waals surface area contributed by atoms with Crippen molar-refractivity contribution in [2.75, 3.05) is 33.3 Å². The molecular formula is C18H25BrNO2+. The Morgan fingerprint density at radius 1 is 1.23 bits per heavy atom. The monoisotopic (exact) mass is 366 g/mol. The van der Waals surface area contributed by atoms with Crippen LogP contribution >= 0.6 is 15.9 Å². The Kier molecular flexibility index (Phi) is 6.65. The molecule has 120 valence electrons. The quantitative estimate of drug-likeness (QED) is 0.435. The number of allylic oxidation sites excluding steroid dienone is 1. The summed E-state index contributed by atoms with van der Waals surface area (Å²) >= 11 is 3.58. The molecule has 0 saturated carbocycles. The van der Waals surface area contributed by atoms with Gasteiger partial charge in [0.2, 0.25) is 0 Å². The Morgan fingerprint density at radius 3 is 2.64 bits per heavy atom. The highest BCUT2D eigenvalue weighted by molar-refractivity contribution is 9.10. The van der Waals surface area contributed by atoms with E-state index in [0.717, 1.165) is 35.0 Å². The molecule has 22 heavy (non-hydrogen) atoms. The van der Waals surface area contributed by atoms with Gasteiger partial charge in [0.15, 0.2) is 6.54 Å². The smallest absolute Gasteiger partial charge is 0.361 e. The number of halogens is 1. The molecule has 1 fully saturated rings. The second kappa shape index (κ2) is 8.49. The molecule has 1 aliphatic heterocycles. The molecular weight excluding hydrogens is 342 g/mol. The van der Waals surface area contributed by atoms with Crippen molar-refractivity contribution in [1.82, 2.24) is 0 Å². The van der Waals surface area contributed by atoms with Crippen LogP contribution in [0.4, 0.5) is 0 Å². The predicted octanol–water partition coefficient (Wildman–Crippen LogP) is 3.72. The third-order valence-electron chi connectivity index (χ3n) is 4.41. The lowest BCUT2D eigenvalue weighted by Crippen LogP contribution is -2.54. The number of rotatable bonds is 6.